The van der Waals surface area contributed by atoms with Gasteiger partial charge in [-0.1, -0.05) is 17.8 Å². The van der Waals surface area contributed by atoms with E-state index >= 15 is 0 Å². The lowest BCUT2D eigenvalue weighted by Gasteiger charge is -2.16. The molecule has 2 amide bonds. The van der Waals surface area contributed by atoms with Gasteiger partial charge in [0.2, 0.25) is 11.8 Å². The van der Waals surface area contributed by atoms with E-state index in [1.54, 1.807) is 17.0 Å². The second-order valence-corrected chi connectivity index (χ2v) is 7.76. The summed E-state index contributed by atoms with van der Waals surface area (Å²) >= 11 is 2.71. The molecule has 0 bridgehead atoms. The summed E-state index contributed by atoms with van der Waals surface area (Å²) in [6.45, 7) is 0.749. The topological polar surface area (TPSA) is 88.3 Å². The predicted octanol–water partition coefficient (Wildman–Crippen LogP) is 3.66. The van der Waals surface area contributed by atoms with Gasteiger partial charge in [-0.25, -0.2) is 0 Å². The van der Waals surface area contributed by atoms with Crippen LogP contribution < -0.4 is 10.2 Å². The molecule has 138 valence electrons. The summed E-state index contributed by atoms with van der Waals surface area (Å²) in [5, 5.41) is 13.1. The van der Waals surface area contributed by atoms with Crippen molar-refractivity contribution in [2.45, 2.75) is 18.1 Å². The number of hydrogen-bond donors (Lipinski definition) is 1. The number of thioether (sulfide) groups is 1. The molecule has 0 saturated carbocycles. The third-order valence-electron chi connectivity index (χ3n) is 4.00. The second-order valence-electron chi connectivity index (χ2n) is 5.88. The first kappa shape index (κ1) is 17.7. The summed E-state index contributed by atoms with van der Waals surface area (Å²) in [5.41, 5.74) is 1.54. The van der Waals surface area contributed by atoms with E-state index in [9.17, 15) is 9.59 Å². The molecule has 4 rings (SSSR count). The number of nitrogens with zero attached hydrogens (tertiary/aromatic N) is 3. The Morgan fingerprint density at radius 1 is 1.26 bits per heavy atom. The molecule has 0 atom stereocenters. The Morgan fingerprint density at radius 3 is 2.81 bits per heavy atom. The van der Waals surface area contributed by atoms with Crippen molar-refractivity contribution in [2.75, 3.05) is 22.5 Å². The summed E-state index contributed by atoms with van der Waals surface area (Å²) in [7, 11) is 0. The van der Waals surface area contributed by atoms with Crippen molar-refractivity contribution in [3.63, 3.8) is 0 Å². The molecule has 0 unspecified atom stereocenters. The number of carbonyl (C=O) groups is 2. The van der Waals surface area contributed by atoms with Crippen molar-refractivity contribution in [3.05, 3.63) is 41.8 Å². The van der Waals surface area contributed by atoms with Crippen LogP contribution >= 0.6 is 23.1 Å². The van der Waals surface area contributed by atoms with Gasteiger partial charge in [0.25, 0.3) is 11.1 Å². The number of aromatic nitrogens is 2. The first-order chi connectivity index (χ1) is 13.2. The molecule has 7 nitrogen and oxygen atoms in total. The monoisotopic (exact) mass is 400 g/mol. The summed E-state index contributed by atoms with van der Waals surface area (Å²) < 4.78 is 5.55. The molecule has 9 heteroatoms. The minimum Gasteiger partial charge on any atom is -0.410 e. The van der Waals surface area contributed by atoms with Crippen LogP contribution in [0.3, 0.4) is 0 Å². The van der Waals surface area contributed by atoms with Crippen molar-refractivity contribution in [2.24, 2.45) is 0 Å². The summed E-state index contributed by atoms with van der Waals surface area (Å²) in [6, 6.07) is 11.1. The maximum absolute atomic E-state index is 12.1. The van der Waals surface area contributed by atoms with E-state index in [1.165, 1.54) is 23.1 Å². The van der Waals surface area contributed by atoms with Gasteiger partial charge in [0.15, 0.2) is 0 Å². The lowest BCUT2D eigenvalue weighted by molar-refractivity contribution is -0.117. The van der Waals surface area contributed by atoms with Gasteiger partial charge in [-0.15, -0.1) is 21.5 Å². The number of hydrogen-bond acceptors (Lipinski definition) is 7. The van der Waals surface area contributed by atoms with Crippen molar-refractivity contribution in [3.8, 4) is 10.8 Å². The first-order valence-corrected chi connectivity index (χ1v) is 10.3. The fraction of sp³-hybridized carbons (Fsp3) is 0.222. The fourth-order valence-corrected chi connectivity index (χ4v) is 3.95. The minimum absolute atomic E-state index is 0.143. The zero-order chi connectivity index (χ0) is 18.6. The molecule has 1 saturated heterocycles. The molecule has 1 fully saturated rings. The second kappa shape index (κ2) is 7.93. The first-order valence-electron chi connectivity index (χ1n) is 8.39. The van der Waals surface area contributed by atoms with Gasteiger partial charge < -0.3 is 14.6 Å². The lowest BCUT2D eigenvalue weighted by atomic mass is 10.2. The van der Waals surface area contributed by atoms with Crippen molar-refractivity contribution < 1.29 is 14.0 Å². The fourth-order valence-electron chi connectivity index (χ4n) is 2.74. The van der Waals surface area contributed by atoms with E-state index in [4.69, 9.17) is 4.42 Å². The minimum atomic E-state index is -0.166. The molecular formula is C18H16N4O3S2. The van der Waals surface area contributed by atoms with Crippen LogP contribution in [0.4, 0.5) is 11.4 Å². The molecule has 3 aromatic rings. The Bertz CT molecular complexity index is 938. The molecule has 2 aromatic heterocycles. The quantitative estimate of drug-likeness (QED) is 0.636. The smallest absolute Gasteiger partial charge is 0.277 e. The standard InChI is InChI=1S/C18H16N4O3S2/c23-15(11-27-18-21-20-17(25-18)14-3-2-10-26-14)19-12-5-7-13(8-6-12)22-9-1-4-16(22)24/h2-3,5-8,10H,1,4,9,11H2,(H,19,23). The number of benzene rings is 1. The highest BCUT2D eigenvalue weighted by Crippen LogP contribution is 2.27. The molecule has 1 aromatic carbocycles. The number of nitrogens with one attached hydrogen (secondary N) is 1. The van der Waals surface area contributed by atoms with Gasteiger partial charge >= 0.3 is 0 Å². The van der Waals surface area contributed by atoms with E-state index in [0.29, 0.717) is 23.2 Å². The predicted molar refractivity (Wildman–Crippen MR) is 105 cm³/mol. The summed E-state index contributed by atoms with van der Waals surface area (Å²) in [6.07, 6.45) is 1.48. The zero-order valence-electron chi connectivity index (χ0n) is 14.3. The molecule has 1 N–H and O–H groups in total. The maximum Gasteiger partial charge on any atom is 0.277 e. The number of carbonyl (C=O) groups excluding carboxylic acids is 2. The highest BCUT2D eigenvalue weighted by molar-refractivity contribution is 7.99. The maximum atomic E-state index is 12.1. The van der Waals surface area contributed by atoms with Crippen LogP contribution in [0.25, 0.3) is 10.8 Å². The Kier molecular flexibility index (Phi) is 5.21. The Morgan fingerprint density at radius 2 is 2.11 bits per heavy atom. The van der Waals surface area contributed by atoms with Crippen LogP contribution in [0, 0.1) is 0 Å². The van der Waals surface area contributed by atoms with E-state index < -0.39 is 0 Å². The van der Waals surface area contributed by atoms with E-state index in [-0.39, 0.29) is 17.6 Å². The average Bonchev–Trinajstić information content (AvgIpc) is 3.42. The molecule has 0 spiro atoms. The Labute approximate surface area is 163 Å². The molecule has 0 radical (unpaired) electrons. The third kappa shape index (κ3) is 4.20. The summed E-state index contributed by atoms with van der Waals surface area (Å²) in [4.78, 5) is 26.6. The molecule has 3 heterocycles. The van der Waals surface area contributed by atoms with Crippen LogP contribution in [0.2, 0.25) is 0 Å². The Balaban J connectivity index is 1.30. The highest BCUT2D eigenvalue weighted by atomic mass is 32.2. The van der Waals surface area contributed by atoms with Gasteiger partial charge in [0, 0.05) is 24.3 Å². The van der Waals surface area contributed by atoms with Crippen LogP contribution in [0.5, 0.6) is 0 Å². The van der Waals surface area contributed by atoms with Crippen LogP contribution in [0.1, 0.15) is 12.8 Å². The number of amides is 2. The SMILES string of the molecule is O=C(CSc1nnc(-c2cccs2)o1)Nc1ccc(N2CCCC2=O)cc1. The van der Waals surface area contributed by atoms with E-state index in [2.05, 4.69) is 15.5 Å². The normalized spacial score (nSPS) is 13.9. The van der Waals surface area contributed by atoms with Gasteiger partial charge in [0.05, 0.1) is 10.6 Å². The van der Waals surface area contributed by atoms with Crippen LogP contribution in [-0.4, -0.2) is 34.3 Å². The van der Waals surface area contributed by atoms with Gasteiger partial charge in [-0.2, -0.15) is 0 Å². The summed E-state index contributed by atoms with van der Waals surface area (Å²) in [5.74, 6) is 0.601. The molecular weight excluding hydrogens is 384 g/mol. The molecule has 27 heavy (non-hydrogen) atoms. The lowest BCUT2D eigenvalue weighted by Crippen LogP contribution is -2.23. The van der Waals surface area contributed by atoms with E-state index in [0.717, 1.165) is 23.5 Å². The Hall–Kier alpha value is -2.65. The highest BCUT2D eigenvalue weighted by Gasteiger charge is 2.21. The molecule has 1 aliphatic heterocycles. The van der Waals surface area contributed by atoms with Crippen LogP contribution in [0.15, 0.2) is 51.4 Å². The van der Waals surface area contributed by atoms with E-state index in [1.807, 2.05) is 29.6 Å². The number of anilines is 2. The van der Waals surface area contributed by atoms with Crippen molar-refractivity contribution >= 4 is 46.3 Å². The number of rotatable bonds is 6. The van der Waals surface area contributed by atoms with Gasteiger partial charge in [-0.3, -0.25) is 9.59 Å². The van der Waals surface area contributed by atoms with Gasteiger partial charge in [0.1, 0.15) is 0 Å². The molecule has 0 aliphatic carbocycles. The molecule has 1 aliphatic rings. The van der Waals surface area contributed by atoms with Crippen LogP contribution in [-0.2, 0) is 9.59 Å². The number of thiophene rings is 1. The largest absolute Gasteiger partial charge is 0.410 e. The van der Waals surface area contributed by atoms with Crippen molar-refractivity contribution in [1.29, 1.82) is 0 Å². The van der Waals surface area contributed by atoms with Gasteiger partial charge in [-0.05, 0) is 42.1 Å². The van der Waals surface area contributed by atoms with Crippen molar-refractivity contribution in [1.82, 2.24) is 10.2 Å². The third-order valence-corrected chi connectivity index (χ3v) is 5.68. The zero-order valence-corrected chi connectivity index (χ0v) is 15.9. The average molecular weight is 400 g/mol.